The predicted octanol–water partition coefficient (Wildman–Crippen LogP) is 2.71. The van der Waals surface area contributed by atoms with Crippen LogP contribution in [0.5, 0.6) is 5.75 Å². The highest BCUT2D eigenvalue weighted by Crippen LogP contribution is 2.30. The Morgan fingerprint density at radius 2 is 1.85 bits per heavy atom. The lowest BCUT2D eigenvalue weighted by atomic mass is 10.0. The Morgan fingerprint density at radius 3 is 2.44 bits per heavy atom. The Morgan fingerprint density at radius 1 is 1.19 bits per heavy atom. The van der Waals surface area contributed by atoms with E-state index in [-0.39, 0.29) is 12.5 Å². The van der Waals surface area contributed by atoms with Gasteiger partial charge in [0.1, 0.15) is 17.4 Å². The van der Waals surface area contributed by atoms with Gasteiger partial charge in [-0.1, -0.05) is 13.8 Å². The van der Waals surface area contributed by atoms with Crippen molar-refractivity contribution in [1.82, 2.24) is 5.32 Å². The van der Waals surface area contributed by atoms with Crippen molar-refractivity contribution in [1.29, 1.82) is 0 Å². The van der Waals surface area contributed by atoms with E-state index >= 15 is 0 Å². The van der Waals surface area contributed by atoms with Crippen LogP contribution < -0.4 is 15.7 Å². The smallest absolute Gasteiger partial charge is 0.339 e. The average Bonchev–Trinajstić information content (AvgIpc) is 2.56. The molecule has 0 saturated carbocycles. The van der Waals surface area contributed by atoms with Crippen LogP contribution in [0, 0.1) is 26.7 Å². The first kappa shape index (κ1) is 20.5. The Kier molecular flexibility index (Phi) is 6.25. The number of hydrogen-bond donors (Lipinski definition) is 2. The number of carboxylic acid groups (broad SMARTS) is 1. The molecule has 2 rings (SSSR count). The Labute approximate surface area is 157 Å². The van der Waals surface area contributed by atoms with Crippen LogP contribution in [0.1, 0.15) is 37.0 Å². The average molecular weight is 375 g/mol. The second kappa shape index (κ2) is 8.24. The fourth-order valence-electron chi connectivity index (χ4n) is 2.87. The van der Waals surface area contributed by atoms with Crippen molar-refractivity contribution in [2.45, 2.75) is 47.1 Å². The summed E-state index contributed by atoms with van der Waals surface area (Å²) < 4.78 is 11.0. The van der Waals surface area contributed by atoms with Gasteiger partial charge >= 0.3 is 11.6 Å². The first-order valence-corrected chi connectivity index (χ1v) is 8.79. The van der Waals surface area contributed by atoms with Crippen LogP contribution in [0.3, 0.4) is 0 Å². The fraction of sp³-hybridized carbons (Fsp3) is 0.450. The third kappa shape index (κ3) is 4.87. The second-order valence-corrected chi connectivity index (χ2v) is 7.15. The van der Waals surface area contributed by atoms with Crippen molar-refractivity contribution >= 4 is 22.8 Å². The summed E-state index contributed by atoms with van der Waals surface area (Å²) in [5.41, 5.74) is 1.99. The number of aliphatic carboxylic acids is 1. The zero-order chi connectivity index (χ0) is 20.3. The van der Waals surface area contributed by atoms with Gasteiger partial charge in [0.05, 0.1) is 5.39 Å². The first-order chi connectivity index (χ1) is 12.6. The van der Waals surface area contributed by atoms with Crippen LogP contribution in [0.15, 0.2) is 21.3 Å². The predicted molar refractivity (Wildman–Crippen MR) is 101 cm³/mol. The highest BCUT2D eigenvalue weighted by molar-refractivity contribution is 5.89. The second-order valence-electron chi connectivity index (χ2n) is 7.15. The fourth-order valence-corrected chi connectivity index (χ4v) is 2.87. The number of aryl methyl sites for hydroxylation is 2. The number of rotatable bonds is 7. The van der Waals surface area contributed by atoms with Gasteiger partial charge in [-0.05, 0) is 56.4 Å². The monoisotopic (exact) mass is 375 g/mol. The Balaban J connectivity index is 2.24. The third-order valence-corrected chi connectivity index (χ3v) is 4.36. The van der Waals surface area contributed by atoms with Crippen LogP contribution in [-0.4, -0.2) is 29.6 Å². The van der Waals surface area contributed by atoms with E-state index in [0.717, 1.165) is 11.1 Å². The normalized spacial score (nSPS) is 12.2. The number of amides is 1. The lowest BCUT2D eigenvalue weighted by Crippen LogP contribution is -2.43. The lowest BCUT2D eigenvalue weighted by Gasteiger charge is -2.17. The maximum absolute atomic E-state index is 12.2. The molecule has 0 radical (unpaired) electrons. The molecule has 7 nitrogen and oxygen atoms in total. The summed E-state index contributed by atoms with van der Waals surface area (Å²) in [7, 11) is 0. The number of carbonyl (C=O) groups is 2. The molecule has 0 bridgehead atoms. The molecule has 0 fully saturated rings. The van der Waals surface area contributed by atoms with Gasteiger partial charge in [0.2, 0.25) is 0 Å². The molecule has 1 amide bonds. The lowest BCUT2D eigenvalue weighted by molar-refractivity contribution is -0.142. The van der Waals surface area contributed by atoms with E-state index in [1.165, 1.54) is 0 Å². The van der Waals surface area contributed by atoms with Crippen molar-refractivity contribution < 1.29 is 23.8 Å². The van der Waals surface area contributed by atoms with Crippen LogP contribution >= 0.6 is 0 Å². The van der Waals surface area contributed by atoms with E-state index in [9.17, 15) is 19.5 Å². The van der Waals surface area contributed by atoms with Gasteiger partial charge in [-0.3, -0.25) is 4.79 Å². The molecule has 1 aromatic carbocycles. The molecule has 0 spiro atoms. The van der Waals surface area contributed by atoms with E-state index < -0.39 is 23.5 Å². The zero-order valence-electron chi connectivity index (χ0n) is 16.2. The van der Waals surface area contributed by atoms with Crippen molar-refractivity contribution in [3.8, 4) is 5.75 Å². The van der Waals surface area contributed by atoms with Gasteiger partial charge in [0.15, 0.2) is 6.61 Å². The highest BCUT2D eigenvalue weighted by Gasteiger charge is 2.21. The highest BCUT2D eigenvalue weighted by atomic mass is 16.5. The van der Waals surface area contributed by atoms with E-state index in [0.29, 0.717) is 28.7 Å². The summed E-state index contributed by atoms with van der Waals surface area (Å²) in [6.45, 7) is 8.72. The molecule has 0 saturated heterocycles. The molecule has 2 N–H and O–H groups in total. The zero-order valence-corrected chi connectivity index (χ0v) is 16.2. The molecular weight excluding hydrogens is 350 g/mol. The Hall–Kier alpha value is -2.83. The molecule has 0 aliphatic rings. The van der Waals surface area contributed by atoms with Crippen LogP contribution in [0.2, 0.25) is 0 Å². The van der Waals surface area contributed by atoms with E-state index in [4.69, 9.17) is 9.15 Å². The molecule has 7 heteroatoms. The van der Waals surface area contributed by atoms with Gasteiger partial charge in [-0.15, -0.1) is 0 Å². The van der Waals surface area contributed by atoms with Crippen molar-refractivity contribution in [2.24, 2.45) is 5.92 Å². The molecule has 0 unspecified atom stereocenters. The van der Waals surface area contributed by atoms with Crippen molar-refractivity contribution in [2.75, 3.05) is 6.61 Å². The van der Waals surface area contributed by atoms with Gasteiger partial charge in [-0.2, -0.15) is 0 Å². The van der Waals surface area contributed by atoms with Crippen molar-refractivity contribution in [3.63, 3.8) is 0 Å². The standard InChI is InChI=1S/C20H25NO6/c1-10(2)6-14(19(23)24)21-17(22)9-26-15-7-11(3)8-16-18(15)12(4)13(5)20(25)27-16/h7-8,10,14H,6,9H2,1-5H3,(H,21,22)(H,23,24)/t14-/m1/s1. The van der Waals surface area contributed by atoms with Gasteiger partial charge in [-0.25, -0.2) is 9.59 Å². The van der Waals surface area contributed by atoms with E-state index in [1.54, 1.807) is 26.0 Å². The van der Waals surface area contributed by atoms with E-state index in [1.807, 2.05) is 20.8 Å². The molecule has 146 valence electrons. The number of hydrogen-bond acceptors (Lipinski definition) is 5. The molecule has 1 heterocycles. The summed E-state index contributed by atoms with van der Waals surface area (Å²) in [6, 6.07) is 2.53. The first-order valence-electron chi connectivity index (χ1n) is 8.79. The van der Waals surface area contributed by atoms with Crippen LogP contribution in [0.25, 0.3) is 11.0 Å². The van der Waals surface area contributed by atoms with Crippen LogP contribution in [-0.2, 0) is 9.59 Å². The number of carbonyl (C=O) groups excluding carboxylic acids is 1. The number of carboxylic acids is 1. The largest absolute Gasteiger partial charge is 0.483 e. The van der Waals surface area contributed by atoms with Crippen molar-refractivity contribution in [3.05, 3.63) is 39.2 Å². The maximum atomic E-state index is 12.2. The van der Waals surface area contributed by atoms with Gasteiger partial charge < -0.3 is 19.6 Å². The molecule has 0 aliphatic carbocycles. The van der Waals surface area contributed by atoms with E-state index in [2.05, 4.69) is 5.32 Å². The molecule has 1 aromatic heterocycles. The van der Waals surface area contributed by atoms with Crippen LogP contribution in [0.4, 0.5) is 0 Å². The number of benzene rings is 1. The molecule has 27 heavy (non-hydrogen) atoms. The minimum absolute atomic E-state index is 0.126. The molecular formula is C20H25NO6. The minimum Gasteiger partial charge on any atom is -0.483 e. The third-order valence-electron chi connectivity index (χ3n) is 4.36. The summed E-state index contributed by atoms with van der Waals surface area (Å²) >= 11 is 0. The topological polar surface area (TPSA) is 106 Å². The summed E-state index contributed by atoms with van der Waals surface area (Å²) in [4.78, 5) is 35.3. The maximum Gasteiger partial charge on any atom is 0.339 e. The SMILES string of the molecule is Cc1cc(OCC(=O)N[C@H](CC(C)C)C(=O)O)c2c(C)c(C)c(=O)oc2c1. The molecule has 1 atom stereocenters. The molecule has 0 aliphatic heterocycles. The number of nitrogens with one attached hydrogen (secondary N) is 1. The Bertz CT molecular complexity index is 928. The summed E-state index contributed by atoms with van der Waals surface area (Å²) in [5.74, 6) is -1.06. The summed E-state index contributed by atoms with van der Waals surface area (Å²) in [5, 5.41) is 12.3. The molecule has 2 aromatic rings. The number of ether oxygens (including phenoxy) is 1. The number of fused-ring (bicyclic) bond motifs is 1. The van der Waals surface area contributed by atoms with Gasteiger partial charge in [0, 0.05) is 5.56 Å². The van der Waals surface area contributed by atoms with Gasteiger partial charge in [0.25, 0.3) is 5.91 Å². The quantitative estimate of drug-likeness (QED) is 0.721. The minimum atomic E-state index is -1.08. The summed E-state index contributed by atoms with van der Waals surface area (Å²) in [6.07, 6.45) is 0.331.